The molecule has 0 unspecified atom stereocenters. The molecular formula is C18H25Cl2N3O. The van der Waals surface area contributed by atoms with E-state index in [-0.39, 0.29) is 30.7 Å². The summed E-state index contributed by atoms with van der Waals surface area (Å²) in [5, 5.41) is 2.94. The first-order valence-corrected chi connectivity index (χ1v) is 7.43. The molecule has 0 saturated heterocycles. The predicted molar refractivity (Wildman–Crippen MR) is 108 cm³/mol. The van der Waals surface area contributed by atoms with E-state index in [1.165, 1.54) is 0 Å². The van der Waals surface area contributed by atoms with Crippen molar-refractivity contribution in [3.05, 3.63) is 54.1 Å². The van der Waals surface area contributed by atoms with E-state index in [0.29, 0.717) is 18.2 Å². The van der Waals surface area contributed by atoms with Crippen LogP contribution < -0.4 is 16.0 Å². The fourth-order valence-electron chi connectivity index (χ4n) is 2.13. The third-order valence-corrected chi connectivity index (χ3v) is 3.66. The Labute approximate surface area is 156 Å². The highest BCUT2D eigenvalue weighted by molar-refractivity contribution is 5.92. The highest BCUT2D eigenvalue weighted by Crippen LogP contribution is 2.20. The van der Waals surface area contributed by atoms with Gasteiger partial charge < -0.3 is 16.0 Å². The van der Waals surface area contributed by atoms with Crippen LogP contribution in [0.4, 0.5) is 17.1 Å². The summed E-state index contributed by atoms with van der Waals surface area (Å²) in [6, 6.07) is 15.6. The Hall–Kier alpha value is -1.91. The number of nitrogen functional groups attached to an aromatic ring is 1. The van der Waals surface area contributed by atoms with Crippen molar-refractivity contribution in [2.24, 2.45) is 0 Å². The number of hydrogen-bond donors (Lipinski definition) is 2. The van der Waals surface area contributed by atoms with E-state index in [2.05, 4.69) is 24.1 Å². The molecule has 0 aromatic heterocycles. The summed E-state index contributed by atoms with van der Waals surface area (Å²) in [7, 11) is 2.04. The highest BCUT2D eigenvalue weighted by atomic mass is 35.5. The van der Waals surface area contributed by atoms with Crippen LogP contribution in [0.2, 0.25) is 0 Å². The monoisotopic (exact) mass is 369 g/mol. The van der Waals surface area contributed by atoms with Crippen molar-refractivity contribution in [3.8, 4) is 0 Å². The number of nitrogens with one attached hydrogen (secondary N) is 1. The topological polar surface area (TPSA) is 58.4 Å². The SMILES string of the molecule is CC(C)N(C)c1cccc(NC(=O)Cc2ccc(N)cc2)c1.Cl.Cl. The summed E-state index contributed by atoms with van der Waals surface area (Å²) in [5.41, 5.74) is 9.19. The van der Waals surface area contributed by atoms with E-state index >= 15 is 0 Å². The van der Waals surface area contributed by atoms with Gasteiger partial charge in [0.15, 0.2) is 0 Å². The van der Waals surface area contributed by atoms with Crippen molar-refractivity contribution >= 4 is 47.8 Å². The minimum absolute atomic E-state index is 0. The largest absolute Gasteiger partial charge is 0.399 e. The molecule has 2 aromatic carbocycles. The number of carbonyl (C=O) groups is 1. The lowest BCUT2D eigenvalue weighted by Crippen LogP contribution is -2.25. The molecule has 0 aliphatic heterocycles. The molecule has 0 heterocycles. The Kier molecular flexibility index (Phi) is 9.26. The molecule has 0 radical (unpaired) electrons. The lowest BCUT2D eigenvalue weighted by Gasteiger charge is -2.24. The zero-order valence-electron chi connectivity index (χ0n) is 14.2. The van der Waals surface area contributed by atoms with E-state index < -0.39 is 0 Å². The molecule has 0 aliphatic carbocycles. The van der Waals surface area contributed by atoms with Gasteiger partial charge in [0, 0.05) is 30.2 Å². The summed E-state index contributed by atoms with van der Waals surface area (Å²) in [6.45, 7) is 4.26. The van der Waals surface area contributed by atoms with Crippen LogP contribution in [-0.4, -0.2) is 19.0 Å². The standard InChI is InChI=1S/C18H23N3O.2ClH/c1-13(2)21(3)17-6-4-5-16(12-17)20-18(22)11-14-7-9-15(19)10-8-14;;/h4-10,12-13H,11,19H2,1-3H3,(H,20,22);2*1H. The maximum atomic E-state index is 12.1. The van der Waals surface area contributed by atoms with Crippen LogP contribution in [-0.2, 0) is 11.2 Å². The van der Waals surface area contributed by atoms with Gasteiger partial charge in [-0.25, -0.2) is 0 Å². The summed E-state index contributed by atoms with van der Waals surface area (Å²) in [6.07, 6.45) is 0.338. The van der Waals surface area contributed by atoms with Crippen LogP contribution in [0, 0.1) is 0 Å². The van der Waals surface area contributed by atoms with Gasteiger partial charge in [-0.15, -0.1) is 24.8 Å². The first kappa shape index (κ1) is 22.1. The average molecular weight is 370 g/mol. The van der Waals surface area contributed by atoms with Crippen molar-refractivity contribution in [3.63, 3.8) is 0 Å². The number of rotatable bonds is 5. The van der Waals surface area contributed by atoms with Crippen LogP contribution in [0.1, 0.15) is 19.4 Å². The zero-order chi connectivity index (χ0) is 16.1. The van der Waals surface area contributed by atoms with Crippen molar-refractivity contribution in [2.75, 3.05) is 23.0 Å². The molecule has 0 bridgehead atoms. The lowest BCUT2D eigenvalue weighted by atomic mass is 10.1. The number of halogens is 2. The Balaban J connectivity index is 0.00000264. The first-order valence-electron chi connectivity index (χ1n) is 7.43. The third kappa shape index (κ3) is 6.30. The van der Waals surface area contributed by atoms with Crippen LogP contribution in [0.15, 0.2) is 48.5 Å². The smallest absolute Gasteiger partial charge is 0.228 e. The number of nitrogens with zero attached hydrogens (tertiary/aromatic N) is 1. The maximum absolute atomic E-state index is 12.1. The van der Waals surface area contributed by atoms with Gasteiger partial charge in [0.1, 0.15) is 0 Å². The minimum Gasteiger partial charge on any atom is -0.399 e. The number of amides is 1. The zero-order valence-corrected chi connectivity index (χ0v) is 15.8. The van der Waals surface area contributed by atoms with Gasteiger partial charge in [0.25, 0.3) is 0 Å². The van der Waals surface area contributed by atoms with Crippen molar-refractivity contribution < 1.29 is 4.79 Å². The van der Waals surface area contributed by atoms with Crippen molar-refractivity contribution in [1.82, 2.24) is 0 Å². The van der Waals surface area contributed by atoms with E-state index in [4.69, 9.17) is 5.73 Å². The summed E-state index contributed by atoms with van der Waals surface area (Å²) < 4.78 is 0. The molecule has 0 fully saturated rings. The average Bonchev–Trinajstić information content (AvgIpc) is 2.49. The lowest BCUT2D eigenvalue weighted by molar-refractivity contribution is -0.115. The molecule has 132 valence electrons. The van der Waals surface area contributed by atoms with Crippen LogP contribution in [0.25, 0.3) is 0 Å². The summed E-state index contributed by atoms with van der Waals surface area (Å²) in [4.78, 5) is 14.3. The van der Waals surface area contributed by atoms with Crippen LogP contribution in [0.5, 0.6) is 0 Å². The Morgan fingerprint density at radius 2 is 1.75 bits per heavy atom. The van der Waals surface area contributed by atoms with Gasteiger partial charge in [-0.2, -0.15) is 0 Å². The Bertz CT molecular complexity index is 645. The second kappa shape index (κ2) is 10.1. The molecule has 2 aromatic rings. The molecule has 6 heteroatoms. The second-order valence-corrected chi connectivity index (χ2v) is 5.72. The quantitative estimate of drug-likeness (QED) is 0.778. The fourth-order valence-corrected chi connectivity index (χ4v) is 2.13. The molecule has 0 aliphatic rings. The van der Waals surface area contributed by atoms with Crippen LogP contribution in [0.3, 0.4) is 0 Å². The Morgan fingerprint density at radius 1 is 1.12 bits per heavy atom. The fraction of sp³-hybridized carbons (Fsp3) is 0.278. The number of benzene rings is 2. The van der Waals surface area contributed by atoms with E-state index in [9.17, 15) is 4.79 Å². The molecule has 0 atom stereocenters. The van der Waals surface area contributed by atoms with Crippen LogP contribution >= 0.6 is 24.8 Å². The maximum Gasteiger partial charge on any atom is 0.228 e. The molecule has 0 saturated carbocycles. The number of hydrogen-bond acceptors (Lipinski definition) is 3. The molecule has 24 heavy (non-hydrogen) atoms. The van der Waals surface area contributed by atoms with Crippen molar-refractivity contribution in [2.45, 2.75) is 26.3 Å². The Morgan fingerprint density at radius 3 is 2.33 bits per heavy atom. The van der Waals surface area contributed by atoms with Crippen molar-refractivity contribution in [1.29, 1.82) is 0 Å². The van der Waals surface area contributed by atoms with E-state index in [1.807, 2.05) is 43.4 Å². The number of anilines is 3. The second-order valence-electron chi connectivity index (χ2n) is 5.72. The normalized spacial score (nSPS) is 9.67. The van der Waals surface area contributed by atoms with Gasteiger partial charge in [0.05, 0.1) is 6.42 Å². The molecule has 0 spiro atoms. The van der Waals surface area contributed by atoms with Gasteiger partial charge >= 0.3 is 0 Å². The van der Waals surface area contributed by atoms with E-state index in [0.717, 1.165) is 16.9 Å². The first-order chi connectivity index (χ1) is 10.5. The van der Waals surface area contributed by atoms with E-state index in [1.54, 1.807) is 12.1 Å². The predicted octanol–water partition coefficient (Wildman–Crippen LogP) is 4.14. The highest BCUT2D eigenvalue weighted by Gasteiger charge is 2.08. The van der Waals surface area contributed by atoms with Gasteiger partial charge in [0.2, 0.25) is 5.91 Å². The number of carbonyl (C=O) groups excluding carboxylic acids is 1. The molecule has 4 nitrogen and oxygen atoms in total. The van der Waals surface area contributed by atoms with Gasteiger partial charge in [-0.3, -0.25) is 4.79 Å². The summed E-state index contributed by atoms with van der Waals surface area (Å²) in [5.74, 6) is -0.0332. The van der Waals surface area contributed by atoms with Gasteiger partial charge in [-0.05, 0) is 49.7 Å². The summed E-state index contributed by atoms with van der Waals surface area (Å²) >= 11 is 0. The minimum atomic E-state index is -0.0332. The molecular weight excluding hydrogens is 345 g/mol. The molecule has 1 amide bonds. The number of nitrogens with two attached hydrogens (primary N) is 1. The third-order valence-electron chi connectivity index (χ3n) is 3.66. The molecule has 3 N–H and O–H groups in total. The van der Waals surface area contributed by atoms with Gasteiger partial charge in [-0.1, -0.05) is 18.2 Å². The molecule has 2 rings (SSSR count).